The summed E-state index contributed by atoms with van der Waals surface area (Å²) in [6.45, 7) is 0.347. The van der Waals surface area contributed by atoms with E-state index in [0.29, 0.717) is 29.2 Å². The van der Waals surface area contributed by atoms with Crippen molar-refractivity contribution >= 4 is 22.9 Å². The number of hydrogen-bond acceptors (Lipinski definition) is 4. The lowest BCUT2D eigenvalue weighted by Gasteiger charge is -2.29. The second-order valence-corrected chi connectivity index (χ2v) is 9.35. The average Bonchev–Trinajstić information content (AvgIpc) is 3.50. The Balaban J connectivity index is 1.40. The van der Waals surface area contributed by atoms with Gasteiger partial charge in [-0.3, -0.25) is 4.79 Å². The number of nitrogens with two attached hydrogens (primary N) is 1. The van der Waals surface area contributed by atoms with Crippen molar-refractivity contribution in [3.63, 3.8) is 0 Å². The first kappa shape index (κ1) is 24.2. The molecule has 1 aliphatic heterocycles. The predicted octanol–water partition coefficient (Wildman–Crippen LogP) is 6.19. The third kappa shape index (κ3) is 4.46. The molecule has 39 heavy (non-hydrogen) atoms. The lowest BCUT2D eigenvalue weighted by atomic mass is 10.00. The van der Waals surface area contributed by atoms with E-state index in [1.54, 1.807) is 35.2 Å². The van der Waals surface area contributed by atoms with Crippen molar-refractivity contribution in [1.82, 2.24) is 9.88 Å². The summed E-state index contributed by atoms with van der Waals surface area (Å²) in [7, 11) is 1.53. The zero-order valence-electron chi connectivity index (χ0n) is 21.0. The highest BCUT2D eigenvalue weighted by Gasteiger charge is 2.37. The van der Waals surface area contributed by atoms with Gasteiger partial charge in [0.25, 0.3) is 5.91 Å². The first-order chi connectivity index (χ1) is 18.9. The Labute approximate surface area is 223 Å². The van der Waals surface area contributed by atoms with Gasteiger partial charge >= 0.3 is 6.09 Å². The normalized spacial score (nSPS) is 13.4. The molecule has 5 aromatic rings. The molecule has 0 aliphatic carbocycles. The van der Waals surface area contributed by atoms with Crippen LogP contribution in [0.25, 0.3) is 22.0 Å². The zero-order chi connectivity index (χ0) is 27.1. The van der Waals surface area contributed by atoms with Gasteiger partial charge in [-0.15, -0.1) is 0 Å². The number of benzene rings is 4. The van der Waals surface area contributed by atoms with E-state index >= 15 is 0 Å². The molecule has 4 aromatic carbocycles. The molecule has 7 nitrogen and oxygen atoms in total. The lowest BCUT2D eigenvalue weighted by Crippen LogP contribution is -2.30. The number of fused-ring (bicyclic) bond motifs is 2. The van der Waals surface area contributed by atoms with Gasteiger partial charge in [0.1, 0.15) is 23.4 Å². The van der Waals surface area contributed by atoms with Crippen molar-refractivity contribution in [2.45, 2.75) is 12.6 Å². The monoisotopic (exact) mass is 521 g/mol. The predicted molar refractivity (Wildman–Crippen MR) is 145 cm³/mol. The summed E-state index contributed by atoms with van der Waals surface area (Å²) in [5.74, 6) is 0.236. The smallest absolute Gasteiger partial charge is 0.409 e. The number of amides is 2. The summed E-state index contributed by atoms with van der Waals surface area (Å²) >= 11 is 0. The zero-order valence-corrected chi connectivity index (χ0v) is 21.0. The number of H-pyrrole nitrogens is 1. The molecule has 1 aliphatic rings. The molecule has 0 saturated heterocycles. The SMILES string of the molecule is COc1ccc(F)cc1[C@H](c1cc2ccccc2[nH]1)N1Cc2ccc(-c3ccc(OC(N)=O)cc3)cc2C1=O. The van der Waals surface area contributed by atoms with Crippen molar-refractivity contribution in [3.8, 4) is 22.6 Å². The number of carbonyl (C=O) groups excluding carboxylic acids is 2. The Morgan fingerprint density at radius 2 is 1.74 bits per heavy atom. The molecule has 0 unspecified atom stereocenters. The molecule has 1 aromatic heterocycles. The van der Waals surface area contributed by atoms with Gasteiger partial charge < -0.3 is 25.1 Å². The van der Waals surface area contributed by atoms with E-state index in [1.165, 1.54) is 19.2 Å². The van der Waals surface area contributed by atoms with Crippen LogP contribution in [0, 0.1) is 5.82 Å². The van der Waals surface area contributed by atoms with Gasteiger partial charge in [0.05, 0.1) is 7.11 Å². The van der Waals surface area contributed by atoms with Gasteiger partial charge in [0.15, 0.2) is 0 Å². The van der Waals surface area contributed by atoms with Gasteiger partial charge in [0.2, 0.25) is 0 Å². The molecule has 3 N–H and O–H groups in total. The van der Waals surface area contributed by atoms with Crippen molar-refractivity contribution in [2.75, 3.05) is 7.11 Å². The number of para-hydroxylation sites is 1. The van der Waals surface area contributed by atoms with Gasteiger partial charge in [-0.2, -0.15) is 0 Å². The molecule has 1 atom stereocenters. The molecule has 0 fully saturated rings. The highest BCUT2D eigenvalue weighted by Crippen LogP contribution is 2.41. The lowest BCUT2D eigenvalue weighted by molar-refractivity contribution is 0.0726. The average molecular weight is 522 g/mol. The molecular formula is C31H24FN3O4. The van der Waals surface area contributed by atoms with E-state index in [-0.39, 0.29) is 5.91 Å². The molecule has 0 spiro atoms. The number of aromatic amines is 1. The van der Waals surface area contributed by atoms with Gasteiger partial charge in [0, 0.05) is 28.9 Å². The van der Waals surface area contributed by atoms with Gasteiger partial charge in [-0.1, -0.05) is 42.5 Å². The Morgan fingerprint density at radius 3 is 2.49 bits per heavy atom. The van der Waals surface area contributed by atoms with Crippen LogP contribution in [0.5, 0.6) is 11.5 Å². The fourth-order valence-electron chi connectivity index (χ4n) is 5.21. The second-order valence-electron chi connectivity index (χ2n) is 9.35. The third-order valence-corrected chi connectivity index (χ3v) is 6.99. The van der Waals surface area contributed by atoms with Crippen LogP contribution in [0.2, 0.25) is 0 Å². The molecule has 8 heteroatoms. The largest absolute Gasteiger partial charge is 0.496 e. The maximum Gasteiger partial charge on any atom is 0.409 e. The van der Waals surface area contributed by atoms with E-state index in [1.807, 2.05) is 48.5 Å². The van der Waals surface area contributed by atoms with Crippen molar-refractivity contribution in [3.05, 3.63) is 119 Å². The fourth-order valence-corrected chi connectivity index (χ4v) is 5.21. The Hall–Kier alpha value is -5.11. The standard InChI is InChI=1S/C31H24FN3O4/c1-38-28-13-10-22(32)16-25(28)29(27-15-20-4-2-3-5-26(20)34-27)35-17-21-7-6-19(14-24(21)30(35)36)18-8-11-23(12-9-18)39-31(33)37/h2-16,29,34H,17H2,1H3,(H2,33,37)/t29-/m1/s1. The third-order valence-electron chi connectivity index (χ3n) is 6.99. The van der Waals surface area contributed by atoms with Crippen LogP contribution in [-0.4, -0.2) is 29.0 Å². The molecule has 6 rings (SSSR count). The minimum atomic E-state index is -0.884. The van der Waals surface area contributed by atoms with Crippen LogP contribution in [0.1, 0.15) is 33.2 Å². The first-order valence-corrected chi connectivity index (χ1v) is 12.3. The van der Waals surface area contributed by atoms with Crippen LogP contribution < -0.4 is 15.2 Å². The van der Waals surface area contributed by atoms with Crippen LogP contribution >= 0.6 is 0 Å². The molecule has 0 radical (unpaired) electrons. The Morgan fingerprint density at radius 1 is 0.974 bits per heavy atom. The van der Waals surface area contributed by atoms with E-state index in [2.05, 4.69) is 4.98 Å². The fraction of sp³-hybridized carbons (Fsp3) is 0.0968. The molecule has 2 heterocycles. The Kier molecular flexibility index (Phi) is 5.99. The molecule has 2 amide bonds. The number of methoxy groups -OCH3 is 1. The number of rotatable bonds is 6. The van der Waals surface area contributed by atoms with E-state index in [0.717, 1.165) is 33.3 Å². The Bertz CT molecular complexity index is 1700. The topological polar surface area (TPSA) is 97.6 Å². The number of nitrogens with one attached hydrogen (secondary N) is 1. The minimum absolute atomic E-state index is 0.171. The molecule has 0 saturated carbocycles. The summed E-state index contributed by atoms with van der Waals surface area (Å²) in [4.78, 5) is 30.1. The highest BCUT2D eigenvalue weighted by molar-refractivity contribution is 6.00. The molecule has 0 bridgehead atoms. The number of hydrogen-bond donors (Lipinski definition) is 2. The van der Waals surface area contributed by atoms with E-state index in [4.69, 9.17) is 15.2 Å². The summed E-state index contributed by atoms with van der Waals surface area (Å²) < 4.78 is 25.1. The summed E-state index contributed by atoms with van der Waals surface area (Å²) in [6, 6.07) is 26.2. The van der Waals surface area contributed by atoms with E-state index < -0.39 is 18.0 Å². The van der Waals surface area contributed by atoms with E-state index in [9.17, 15) is 14.0 Å². The maximum absolute atomic E-state index is 14.5. The summed E-state index contributed by atoms with van der Waals surface area (Å²) in [5, 5.41) is 0.989. The first-order valence-electron chi connectivity index (χ1n) is 12.3. The number of halogens is 1. The number of primary amides is 1. The van der Waals surface area contributed by atoms with Crippen molar-refractivity contribution in [1.29, 1.82) is 0 Å². The minimum Gasteiger partial charge on any atom is -0.496 e. The highest BCUT2D eigenvalue weighted by atomic mass is 19.1. The van der Waals surface area contributed by atoms with Crippen LogP contribution in [0.15, 0.2) is 91.0 Å². The van der Waals surface area contributed by atoms with Crippen LogP contribution in [-0.2, 0) is 6.54 Å². The van der Waals surface area contributed by atoms with Gasteiger partial charge in [-0.25, -0.2) is 9.18 Å². The summed E-state index contributed by atoms with van der Waals surface area (Å²) in [6.07, 6.45) is -0.884. The second kappa shape index (κ2) is 9.64. The maximum atomic E-state index is 14.5. The molecule has 194 valence electrons. The van der Waals surface area contributed by atoms with Crippen LogP contribution in [0.3, 0.4) is 0 Å². The molecular weight excluding hydrogens is 497 g/mol. The number of aromatic nitrogens is 1. The number of nitrogens with zero attached hydrogens (tertiary/aromatic N) is 1. The summed E-state index contributed by atoms with van der Waals surface area (Å²) in [5.41, 5.74) is 10.4. The number of ether oxygens (including phenoxy) is 2. The van der Waals surface area contributed by atoms with Crippen molar-refractivity contribution in [2.24, 2.45) is 5.73 Å². The quantitative estimate of drug-likeness (QED) is 0.279. The number of carbonyl (C=O) groups is 2. The van der Waals surface area contributed by atoms with Gasteiger partial charge in [-0.05, 0) is 70.6 Å². The van der Waals surface area contributed by atoms with Crippen molar-refractivity contribution < 1.29 is 23.5 Å². The van der Waals surface area contributed by atoms with Crippen LogP contribution in [0.4, 0.5) is 9.18 Å².